The number of nitrogens with one attached hydrogen (secondary N) is 1. The predicted octanol–water partition coefficient (Wildman–Crippen LogP) is 1.26. The Morgan fingerprint density at radius 1 is 1.31 bits per heavy atom. The number of thioether (sulfide) groups is 1. The van der Waals surface area contributed by atoms with Gasteiger partial charge in [0.1, 0.15) is 11.3 Å². The van der Waals surface area contributed by atoms with Crippen molar-refractivity contribution in [2.24, 2.45) is 0 Å². The molecule has 0 aliphatic heterocycles. The summed E-state index contributed by atoms with van der Waals surface area (Å²) in [4.78, 5) is 21.6. The Kier molecular flexibility index (Phi) is 5.11. The van der Waals surface area contributed by atoms with Gasteiger partial charge in [-0.05, 0) is 13.8 Å². The molecule has 0 atom stereocenters. The van der Waals surface area contributed by atoms with Crippen molar-refractivity contribution in [1.82, 2.24) is 5.32 Å². The van der Waals surface area contributed by atoms with Gasteiger partial charge < -0.3 is 10.4 Å². The summed E-state index contributed by atoms with van der Waals surface area (Å²) >= 11 is 0.767. The first-order valence-corrected chi connectivity index (χ1v) is 5.24. The van der Waals surface area contributed by atoms with Crippen molar-refractivity contribution in [3.05, 3.63) is 0 Å². The van der Waals surface area contributed by atoms with Crippen LogP contribution in [0.15, 0.2) is 0 Å². The fourth-order valence-electron chi connectivity index (χ4n) is 0.558. The topological polar surface area (TPSA) is 66.4 Å². The van der Waals surface area contributed by atoms with E-state index in [1.165, 1.54) is 13.8 Å². The molecule has 0 saturated carbocycles. The summed E-state index contributed by atoms with van der Waals surface area (Å²) in [5.74, 6) is -2.28. The normalized spacial score (nSPS) is 12.3. The second-order valence-corrected chi connectivity index (χ2v) is 5.09. The van der Waals surface area contributed by atoms with Gasteiger partial charge in [0.2, 0.25) is 5.91 Å². The van der Waals surface area contributed by atoms with Crippen LogP contribution in [-0.4, -0.2) is 40.2 Å². The molecule has 0 rings (SSSR count). The number of hydrogen-bond donors (Lipinski definition) is 2. The van der Waals surface area contributed by atoms with Crippen molar-refractivity contribution in [1.29, 1.82) is 0 Å². The first-order chi connectivity index (χ1) is 7.04. The summed E-state index contributed by atoms with van der Waals surface area (Å²) in [5.41, 5.74) is 0. The average Bonchev–Trinajstić information content (AvgIpc) is 2.10. The number of aliphatic carboxylic acids is 1. The van der Waals surface area contributed by atoms with Gasteiger partial charge in [-0.2, -0.15) is 13.2 Å². The molecule has 0 aromatic heterocycles. The lowest BCUT2D eigenvalue weighted by Gasteiger charge is -2.18. The summed E-state index contributed by atoms with van der Waals surface area (Å²) in [6.07, 6.45) is -4.46. The van der Waals surface area contributed by atoms with Crippen molar-refractivity contribution in [3.63, 3.8) is 0 Å². The molecule has 4 nitrogen and oxygen atoms in total. The first kappa shape index (κ1) is 15.1. The molecule has 94 valence electrons. The van der Waals surface area contributed by atoms with Crippen molar-refractivity contribution in [2.75, 3.05) is 12.3 Å². The molecule has 0 unspecified atom stereocenters. The number of rotatable bonds is 5. The molecule has 0 aliphatic carbocycles. The third-order valence-electron chi connectivity index (χ3n) is 1.57. The van der Waals surface area contributed by atoms with Crippen LogP contribution in [0.5, 0.6) is 0 Å². The van der Waals surface area contributed by atoms with Crippen LogP contribution < -0.4 is 5.32 Å². The standard InChI is InChI=1S/C8H12F3NO3S/c1-7(2,6(14)15)16-3-5(13)12-4-8(9,10)11/h3-4H2,1-2H3,(H,12,13)(H,14,15). The van der Waals surface area contributed by atoms with Crippen molar-refractivity contribution in [3.8, 4) is 0 Å². The first-order valence-electron chi connectivity index (χ1n) is 4.25. The summed E-state index contributed by atoms with van der Waals surface area (Å²) in [6, 6.07) is 0. The van der Waals surface area contributed by atoms with Gasteiger partial charge in [-0.15, -0.1) is 11.8 Å². The average molecular weight is 259 g/mol. The largest absolute Gasteiger partial charge is 0.480 e. The molecule has 0 radical (unpaired) electrons. The van der Waals surface area contributed by atoms with E-state index in [0.717, 1.165) is 11.8 Å². The second-order valence-electron chi connectivity index (χ2n) is 3.50. The molecule has 2 N–H and O–H groups in total. The Bertz CT molecular complexity index is 278. The highest BCUT2D eigenvalue weighted by Gasteiger charge is 2.30. The van der Waals surface area contributed by atoms with Gasteiger partial charge in [0.05, 0.1) is 5.75 Å². The molecule has 0 saturated heterocycles. The van der Waals surface area contributed by atoms with Crippen LogP contribution in [0.4, 0.5) is 13.2 Å². The number of halogens is 3. The summed E-state index contributed by atoms with van der Waals surface area (Å²) in [5, 5.41) is 10.3. The zero-order valence-corrected chi connectivity index (χ0v) is 9.54. The van der Waals surface area contributed by atoms with E-state index in [0.29, 0.717) is 0 Å². The SMILES string of the molecule is CC(C)(SCC(=O)NCC(F)(F)F)C(=O)O. The van der Waals surface area contributed by atoms with Crippen LogP contribution in [0.25, 0.3) is 0 Å². The van der Waals surface area contributed by atoms with Gasteiger partial charge in [-0.3, -0.25) is 9.59 Å². The smallest absolute Gasteiger partial charge is 0.405 e. The van der Waals surface area contributed by atoms with E-state index in [4.69, 9.17) is 5.11 Å². The van der Waals surface area contributed by atoms with Crippen LogP contribution in [0, 0.1) is 0 Å². The van der Waals surface area contributed by atoms with Gasteiger partial charge in [-0.25, -0.2) is 0 Å². The lowest BCUT2D eigenvalue weighted by atomic mass is 10.2. The molecule has 8 heteroatoms. The number of carbonyl (C=O) groups excluding carboxylic acids is 1. The van der Waals surface area contributed by atoms with Crippen LogP contribution in [0.2, 0.25) is 0 Å². The fraction of sp³-hybridized carbons (Fsp3) is 0.750. The number of carboxylic acid groups (broad SMARTS) is 1. The minimum absolute atomic E-state index is 0.324. The number of hydrogen-bond acceptors (Lipinski definition) is 3. The Morgan fingerprint density at radius 2 is 1.81 bits per heavy atom. The van der Waals surface area contributed by atoms with Crippen molar-refractivity contribution in [2.45, 2.75) is 24.8 Å². The molecule has 0 bridgehead atoms. The van der Waals surface area contributed by atoms with E-state index >= 15 is 0 Å². The third-order valence-corrected chi connectivity index (χ3v) is 2.87. The van der Waals surface area contributed by atoms with E-state index < -0.39 is 29.3 Å². The highest BCUT2D eigenvalue weighted by atomic mass is 32.2. The predicted molar refractivity (Wildman–Crippen MR) is 53.2 cm³/mol. The Labute approximate surface area is 94.6 Å². The van der Waals surface area contributed by atoms with E-state index in [-0.39, 0.29) is 5.75 Å². The Balaban J connectivity index is 3.96. The van der Waals surface area contributed by atoms with Crippen molar-refractivity contribution >= 4 is 23.6 Å². The van der Waals surface area contributed by atoms with E-state index in [2.05, 4.69) is 0 Å². The molecule has 0 heterocycles. The van der Waals surface area contributed by atoms with Gasteiger partial charge in [0, 0.05) is 0 Å². The second kappa shape index (κ2) is 5.42. The maximum absolute atomic E-state index is 11.7. The number of alkyl halides is 3. The maximum atomic E-state index is 11.7. The molecule has 0 fully saturated rings. The Hall–Kier alpha value is -0.920. The van der Waals surface area contributed by atoms with E-state index in [1.54, 1.807) is 5.32 Å². The van der Waals surface area contributed by atoms with Crippen LogP contribution in [0.1, 0.15) is 13.8 Å². The van der Waals surface area contributed by atoms with Crippen molar-refractivity contribution < 1.29 is 27.9 Å². The molecular weight excluding hydrogens is 247 g/mol. The van der Waals surface area contributed by atoms with E-state index in [1.807, 2.05) is 0 Å². The number of carboxylic acids is 1. The number of carbonyl (C=O) groups is 2. The molecule has 0 aromatic carbocycles. The molecule has 0 aromatic rings. The van der Waals surface area contributed by atoms with Gasteiger partial charge >= 0.3 is 12.1 Å². The summed E-state index contributed by atoms with van der Waals surface area (Å²) < 4.78 is 33.9. The zero-order chi connectivity index (χ0) is 13.0. The van der Waals surface area contributed by atoms with Crippen LogP contribution in [-0.2, 0) is 9.59 Å². The maximum Gasteiger partial charge on any atom is 0.405 e. The fourth-order valence-corrected chi connectivity index (χ4v) is 1.28. The lowest BCUT2D eigenvalue weighted by molar-refractivity contribution is -0.139. The molecule has 1 amide bonds. The Morgan fingerprint density at radius 3 is 2.19 bits per heavy atom. The summed E-state index contributed by atoms with van der Waals surface area (Å²) in [6.45, 7) is 1.34. The molecule has 0 spiro atoms. The van der Waals surface area contributed by atoms with Crippen LogP contribution in [0.3, 0.4) is 0 Å². The highest BCUT2D eigenvalue weighted by Crippen LogP contribution is 2.24. The molecule has 0 aliphatic rings. The quantitative estimate of drug-likeness (QED) is 0.780. The van der Waals surface area contributed by atoms with Gasteiger partial charge in [-0.1, -0.05) is 0 Å². The van der Waals surface area contributed by atoms with Gasteiger partial charge in [0.25, 0.3) is 0 Å². The lowest BCUT2D eigenvalue weighted by Crippen LogP contribution is -2.36. The number of amides is 1. The van der Waals surface area contributed by atoms with E-state index in [9.17, 15) is 22.8 Å². The van der Waals surface area contributed by atoms with Crippen LogP contribution >= 0.6 is 11.8 Å². The molecular formula is C8H12F3NO3S. The summed E-state index contributed by atoms with van der Waals surface area (Å²) in [7, 11) is 0. The minimum atomic E-state index is -4.46. The van der Waals surface area contributed by atoms with Gasteiger partial charge in [0.15, 0.2) is 0 Å². The third kappa shape index (κ3) is 6.54. The molecule has 16 heavy (non-hydrogen) atoms. The highest BCUT2D eigenvalue weighted by molar-refractivity contribution is 8.01. The minimum Gasteiger partial charge on any atom is -0.480 e. The zero-order valence-electron chi connectivity index (χ0n) is 8.72. The monoisotopic (exact) mass is 259 g/mol.